The zero-order valence-electron chi connectivity index (χ0n) is 7.69. The van der Waals surface area contributed by atoms with Crippen LogP contribution in [0.1, 0.15) is 18.4 Å². The van der Waals surface area contributed by atoms with E-state index >= 15 is 0 Å². The van der Waals surface area contributed by atoms with Gasteiger partial charge in [0.05, 0.1) is 10.0 Å². The van der Waals surface area contributed by atoms with Gasteiger partial charge in [0.15, 0.2) is 0 Å². The molecule has 1 aliphatic heterocycles. The SMILES string of the molecule is Clc1ccc(C23CC2CCN3)cc1Cl. The molecule has 0 radical (unpaired) electrons. The van der Waals surface area contributed by atoms with Gasteiger partial charge in [-0.25, -0.2) is 0 Å². The van der Waals surface area contributed by atoms with Gasteiger partial charge >= 0.3 is 0 Å². The van der Waals surface area contributed by atoms with E-state index in [9.17, 15) is 0 Å². The smallest absolute Gasteiger partial charge is 0.0595 e. The Balaban J connectivity index is 2.01. The lowest BCUT2D eigenvalue weighted by atomic mass is 10.0. The number of hydrogen-bond donors (Lipinski definition) is 1. The fourth-order valence-corrected chi connectivity index (χ4v) is 2.89. The second-order valence-corrected chi connectivity index (χ2v) is 5.03. The van der Waals surface area contributed by atoms with Crippen LogP contribution in [0.5, 0.6) is 0 Å². The predicted molar refractivity (Wildman–Crippen MR) is 58.9 cm³/mol. The molecule has 74 valence electrons. The lowest BCUT2D eigenvalue weighted by Gasteiger charge is -2.14. The van der Waals surface area contributed by atoms with Crippen LogP contribution in [0.25, 0.3) is 0 Å². The van der Waals surface area contributed by atoms with E-state index in [1.54, 1.807) is 0 Å². The van der Waals surface area contributed by atoms with Crippen LogP contribution >= 0.6 is 23.2 Å². The fraction of sp³-hybridized carbons (Fsp3) is 0.455. The van der Waals surface area contributed by atoms with E-state index in [1.807, 2.05) is 12.1 Å². The number of benzene rings is 1. The molecule has 1 aromatic rings. The van der Waals surface area contributed by atoms with Crippen molar-refractivity contribution in [1.82, 2.24) is 5.32 Å². The molecule has 1 heterocycles. The Kier molecular flexibility index (Phi) is 1.85. The van der Waals surface area contributed by atoms with Crippen molar-refractivity contribution >= 4 is 23.2 Å². The van der Waals surface area contributed by atoms with Crippen molar-refractivity contribution in [1.29, 1.82) is 0 Å². The highest BCUT2D eigenvalue weighted by molar-refractivity contribution is 6.42. The van der Waals surface area contributed by atoms with Gasteiger partial charge in [0.2, 0.25) is 0 Å². The first-order chi connectivity index (χ1) is 6.72. The molecule has 2 unspecified atom stereocenters. The molecule has 1 N–H and O–H groups in total. The summed E-state index contributed by atoms with van der Waals surface area (Å²) in [6.45, 7) is 1.13. The van der Waals surface area contributed by atoms with Gasteiger partial charge in [-0.3, -0.25) is 0 Å². The van der Waals surface area contributed by atoms with Gasteiger partial charge in [-0.1, -0.05) is 29.3 Å². The summed E-state index contributed by atoms with van der Waals surface area (Å²) in [5.41, 5.74) is 1.54. The minimum Gasteiger partial charge on any atom is -0.307 e. The molecule has 3 heteroatoms. The van der Waals surface area contributed by atoms with Crippen molar-refractivity contribution in [3.63, 3.8) is 0 Å². The predicted octanol–water partition coefficient (Wildman–Crippen LogP) is 3.20. The van der Waals surface area contributed by atoms with Crippen LogP contribution in [0.4, 0.5) is 0 Å². The van der Waals surface area contributed by atoms with Gasteiger partial charge in [-0.2, -0.15) is 0 Å². The molecule has 0 aromatic heterocycles. The molecule has 2 atom stereocenters. The normalized spacial score (nSPS) is 34.3. The van der Waals surface area contributed by atoms with Crippen LogP contribution in [0.3, 0.4) is 0 Å². The Morgan fingerprint density at radius 2 is 2.14 bits per heavy atom. The molecule has 0 spiro atoms. The lowest BCUT2D eigenvalue weighted by Crippen LogP contribution is -2.25. The molecule has 3 rings (SSSR count). The van der Waals surface area contributed by atoms with E-state index < -0.39 is 0 Å². The third kappa shape index (κ3) is 1.13. The quantitative estimate of drug-likeness (QED) is 0.778. The van der Waals surface area contributed by atoms with Crippen molar-refractivity contribution in [3.8, 4) is 0 Å². The molecule has 2 aliphatic rings. The zero-order chi connectivity index (χ0) is 9.76. The molecule has 1 aliphatic carbocycles. The van der Waals surface area contributed by atoms with E-state index in [4.69, 9.17) is 23.2 Å². The van der Waals surface area contributed by atoms with E-state index in [0.717, 1.165) is 12.5 Å². The average Bonchev–Trinajstić information content (AvgIpc) is 2.75. The minimum absolute atomic E-state index is 0.244. The second kappa shape index (κ2) is 2.88. The summed E-state index contributed by atoms with van der Waals surface area (Å²) in [4.78, 5) is 0. The Morgan fingerprint density at radius 3 is 2.71 bits per heavy atom. The summed E-state index contributed by atoms with van der Waals surface area (Å²) in [7, 11) is 0. The summed E-state index contributed by atoms with van der Waals surface area (Å²) in [6.07, 6.45) is 2.55. The van der Waals surface area contributed by atoms with Crippen molar-refractivity contribution in [2.24, 2.45) is 5.92 Å². The first kappa shape index (κ1) is 9.02. The highest BCUT2D eigenvalue weighted by Gasteiger charge is 2.57. The molecule has 14 heavy (non-hydrogen) atoms. The summed E-state index contributed by atoms with van der Waals surface area (Å²) < 4.78 is 0. The number of hydrogen-bond acceptors (Lipinski definition) is 1. The van der Waals surface area contributed by atoms with Crippen LogP contribution in [0, 0.1) is 5.92 Å². The molecular formula is C11H11Cl2N. The number of fused-ring (bicyclic) bond motifs is 1. The minimum atomic E-state index is 0.244. The number of halogens is 2. The number of rotatable bonds is 1. The van der Waals surface area contributed by atoms with Gasteiger partial charge in [0.25, 0.3) is 0 Å². The van der Waals surface area contributed by atoms with Gasteiger partial charge in [-0.05, 0) is 43.0 Å². The van der Waals surface area contributed by atoms with E-state index in [1.165, 1.54) is 18.4 Å². The molecule has 0 bridgehead atoms. The highest BCUT2D eigenvalue weighted by atomic mass is 35.5. The molecule has 2 fully saturated rings. The van der Waals surface area contributed by atoms with Crippen LogP contribution in [-0.2, 0) is 5.54 Å². The topological polar surface area (TPSA) is 12.0 Å². The van der Waals surface area contributed by atoms with Gasteiger partial charge in [-0.15, -0.1) is 0 Å². The maximum absolute atomic E-state index is 6.01. The monoisotopic (exact) mass is 227 g/mol. The molecular weight excluding hydrogens is 217 g/mol. The van der Waals surface area contributed by atoms with E-state index in [-0.39, 0.29) is 5.54 Å². The van der Waals surface area contributed by atoms with Gasteiger partial charge in [0, 0.05) is 5.54 Å². The van der Waals surface area contributed by atoms with Gasteiger partial charge < -0.3 is 5.32 Å². The summed E-state index contributed by atoms with van der Waals surface area (Å²) >= 11 is 11.9. The van der Waals surface area contributed by atoms with Crippen LogP contribution in [0.15, 0.2) is 18.2 Å². The highest BCUT2D eigenvalue weighted by Crippen LogP contribution is 2.57. The number of piperidine rings is 1. The van der Waals surface area contributed by atoms with E-state index in [2.05, 4.69) is 11.4 Å². The van der Waals surface area contributed by atoms with Crippen molar-refractivity contribution in [3.05, 3.63) is 33.8 Å². The Morgan fingerprint density at radius 1 is 1.29 bits per heavy atom. The maximum atomic E-state index is 6.01. The van der Waals surface area contributed by atoms with Crippen LogP contribution in [-0.4, -0.2) is 6.54 Å². The third-order valence-corrected chi connectivity index (χ3v) is 4.21. The summed E-state index contributed by atoms with van der Waals surface area (Å²) in [5.74, 6) is 0.819. The second-order valence-electron chi connectivity index (χ2n) is 4.22. The fourth-order valence-electron chi connectivity index (χ4n) is 2.59. The summed E-state index contributed by atoms with van der Waals surface area (Å²) in [6, 6.07) is 5.98. The number of nitrogens with one attached hydrogen (secondary N) is 1. The Bertz CT molecular complexity index is 391. The molecule has 1 saturated carbocycles. The molecule has 1 aromatic carbocycles. The van der Waals surface area contributed by atoms with Crippen molar-refractivity contribution in [2.75, 3.05) is 6.54 Å². The standard InChI is InChI=1S/C11H11Cl2N/c12-9-2-1-7(5-10(9)13)11-6-8(11)3-4-14-11/h1-2,5,8,14H,3-4,6H2. The van der Waals surface area contributed by atoms with Crippen molar-refractivity contribution in [2.45, 2.75) is 18.4 Å². The first-order valence-corrected chi connectivity index (χ1v) is 5.68. The Hall–Kier alpha value is -0.240. The van der Waals surface area contributed by atoms with Crippen LogP contribution in [0.2, 0.25) is 10.0 Å². The third-order valence-electron chi connectivity index (χ3n) is 3.47. The Labute approximate surface area is 93.4 Å². The molecule has 1 saturated heterocycles. The van der Waals surface area contributed by atoms with Crippen LogP contribution < -0.4 is 5.32 Å². The molecule has 1 nitrogen and oxygen atoms in total. The summed E-state index contributed by atoms with van der Waals surface area (Å²) in [5, 5.41) is 4.87. The molecule has 0 amide bonds. The zero-order valence-corrected chi connectivity index (χ0v) is 9.20. The van der Waals surface area contributed by atoms with Crippen molar-refractivity contribution < 1.29 is 0 Å². The van der Waals surface area contributed by atoms with Gasteiger partial charge in [0.1, 0.15) is 0 Å². The van der Waals surface area contributed by atoms with E-state index in [0.29, 0.717) is 10.0 Å². The largest absolute Gasteiger partial charge is 0.307 e. The maximum Gasteiger partial charge on any atom is 0.0595 e. The lowest BCUT2D eigenvalue weighted by molar-refractivity contribution is 0.580. The first-order valence-electron chi connectivity index (χ1n) is 4.93. The average molecular weight is 228 g/mol.